The molecule has 0 saturated carbocycles. The molecule has 0 spiro atoms. The molecule has 0 bridgehead atoms. The molecule has 2 aromatic rings. The van der Waals surface area contributed by atoms with E-state index in [0.29, 0.717) is 17.8 Å². The number of hydrogen-bond donors (Lipinski definition) is 1. The average molecular weight is 327 g/mol. The Balaban J connectivity index is 2.23. The lowest BCUT2D eigenvalue weighted by molar-refractivity contribution is -0.384. The lowest BCUT2D eigenvalue weighted by Crippen LogP contribution is -2.13. The second-order valence-corrected chi connectivity index (χ2v) is 5.91. The van der Waals surface area contributed by atoms with Crippen LogP contribution >= 0.6 is 0 Å². The van der Waals surface area contributed by atoms with E-state index >= 15 is 0 Å². The van der Waals surface area contributed by atoms with Crippen LogP contribution in [0.3, 0.4) is 0 Å². The maximum atomic E-state index is 11.4. The molecule has 0 aliphatic carbocycles. The Labute approximate surface area is 141 Å². The fraction of sp³-hybridized carbons (Fsp3) is 0.278. The van der Waals surface area contributed by atoms with E-state index in [4.69, 9.17) is 0 Å². The summed E-state index contributed by atoms with van der Waals surface area (Å²) in [6.07, 6.45) is 0. The number of Topliss-reactive ketones (excluding diaryl/α,β-unsaturated/α-hetero) is 1. The molecule has 6 heteroatoms. The fourth-order valence-electron chi connectivity index (χ4n) is 2.47. The van der Waals surface area contributed by atoms with Crippen molar-refractivity contribution in [3.05, 3.63) is 69.3 Å². The Morgan fingerprint density at radius 2 is 1.83 bits per heavy atom. The Kier molecular flexibility index (Phi) is 5.65. The number of nitro groups is 1. The molecule has 0 aliphatic heterocycles. The third-order valence-corrected chi connectivity index (χ3v) is 3.68. The molecule has 0 atom stereocenters. The topological polar surface area (TPSA) is 75.5 Å². The van der Waals surface area contributed by atoms with Crippen LogP contribution in [0.25, 0.3) is 0 Å². The van der Waals surface area contributed by atoms with Crippen molar-refractivity contribution in [3.63, 3.8) is 0 Å². The van der Waals surface area contributed by atoms with Crippen LogP contribution in [0.4, 0.5) is 11.4 Å². The van der Waals surface area contributed by atoms with Crippen molar-refractivity contribution < 1.29 is 9.72 Å². The van der Waals surface area contributed by atoms with Crippen molar-refractivity contribution in [2.24, 2.45) is 0 Å². The van der Waals surface area contributed by atoms with Gasteiger partial charge in [-0.05, 0) is 44.3 Å². The quantitative estimate of drug-likeness (QED) is 0.479. The second kappa shape index (κ2) is 7.70. The van der Waals surface area contributed by atoms with Gasteiger partial charge in [-0.2, -0.15) is 0 Å². The van der Waals surface area contributed by atoms with Gasteiger partial charge in [-0.1, -0.05) is 24.3 Å². The third-order valence-electron chi connectivity index (χ3n) is 3.68. The van der Waals surface area contributed by atoms with Crippen molar-refractivity contribution in [2.75, 3.05) is 19.4 Å². The predicted molar refractivity (Wildman–Crippen MR) is 94.3 cm³/mol. The van der Waals surface area contributed by atoms with E-state index in [9.17, 15) is 14.9 Å². The molecule has 1 N–H and O–H groups in total. The molecule has 0 saturated heterocycles. The van der Waals surface area contributed by atoms with Crippen LogP contribution in [-0.2, 0) is 13.1 Å². The van der Waals surface area contributed by atoms with E-state index in [1.165, 1.54) is 13.0 Å². The first-order valence-corrected chi connectivity index (χ1v) is 7.63. The third kappa shape index (κ3) is 4.39. The summed E-state index contributed by atoms with van der Waals surface area (Å²) in [6, 6.07) is 12.5. The van der Waals surface area contributed by atoms with Gasteiger partial charge < -0.3 is 10.2 Å². The number of nitrogens with zero attached hydrogens (tertiary/aromatic N) is 2. The monoisotopic (exact) mass is 327 g/mol. The molecular formula is C18H21N3O3. The molecule has 126 valence electrons. The molecule has 0 heterocycles. The van der Waals surface area contributed by atoms with Crippen LogP contribution in [0.15, 0.2) is 42.5 Å². The van der Waals surface area contributed by atoms with Crippen LogP contribution < -0.4 is 5.32 Å². The summed E-state index contributed by atoms with van der Waals surface area (Å²) >= 11 is 0. The smallest absolute Gasteiger partial charge is 0.293 e. The maximum absolute atomic E-state index is 11.4. The number of nitro benzene ring substituents is 1. The lowest BCUT2D eigenvalue weighted by atomic mass is 10.1. The van der Waals surface area contributed by atoms with Gasteiger partial charge >= 0.3 is 0 Å². The summed E-state index contributed by atoms with van der Waals surface area (Å²) in [4.78, 5) is 24.3. The molecule has 0 fully saturated rings. The largest absolute Gasteiger partial charge is 0.375 e. The van der Waals surface area contributed by atoms with Crippen LogP contribution in [0.1, 0.15) is 28.4 Å². The van der Waals surface area contributed by atoms with E-state index in [2.05, 4.69) is 10.2 Å². The van der Waals surface area contributed by atoms with Crippen LogP contribution in [-0.4, -0.2) is 29.7 Å². The highest BCUT2D eigenvalue weighted by Gasteiger charge is 2.16. The first kappa shape index (κ1) is 17.6. The molecule has 0 aliphatic rings. The van der Waals surface area contributed by atoms with Crippen molar-refractivity contribution in [3.8, 4) is 0 Å². The van der Waals surface area contributed by atoms with Gasteiger partial charge in [0.05, 0.1) is 4.92 Å². The number of nitrogens with one attached hydrogen (secondary N) is 1. The van der Waals surface area contributed by atoms with Crippen molar-refractivity contribution in [2.45, 2.75) is 20.0 Å². The molecule has 24 heavy (non-hydrogen) atoms. The van der Waals surface area contributed by atoms with Gasteiger partial charge in [0.25, 0.3) is 5.69 Å². The molecule has 0 aromatic heterocycles. The van der Waals surface area contributed by atoms with Crippen LogP contribution in [0, 0.1) is 10.1 Å². The highest BCUT2D eigenvalue weighted by molar-refractivity contribution is 5.95. The van der Waals surface area contributed by atoms with E-state index in [0.717, 1.165) is 17.7 Å². The lowest BCUT2D eigenvalue weighted by Gasteiger charge is -2.15. The number of carbonyl (C=O) groups excluding carboxylic acids is 1. The Bertz CT molecular complexity index is 757. The van der Waals surface area contributed by atoms with Crippen LogP contribution in [0.2, 0.25) is 0 Å². The number of rotatable bonds is 7. The van der Waals surface area contributed by atoms with Gasteiger partial charge in [0.2, 0.25) is 0 Å². The zero-order valence-electron chi connectivity index (χ0n) is 14.1. The van der Waals surface area contributed by atoms with Crippen LogP contribution in [0.5, 0.6) is 0 Å². The summed E-state index contributed by atoms with van der Waals surface area (Å²) in [5, 5.41) is 14.4. The molecule has 0 unspecified atom stereocenters. The highest BCUT2D eigenvalue weighted by Crippen LogP contribution is 2.26. The summed E-state index contributed by atoms with van der Waals surface area (Å²) in [5.41, 5.74) is 2.90. The first-order chi connectivity index (χ1) is 11.4. The summed E-state index contributed by atoms with van der Waals surface area (Å²) in [7, 11) is 3.99. The van der Waals surface area contributed by atoms with Gasteiger partial charge in [0.15, 0.2) is 5.78 Å². The van der Waals surface area contributed by atoms with Gasteiger partial charge in [0.1, 0.15) is 5.69 Å². The van der Waals surface area contributed by atoms with Gasteiger partial charge in [-0.25, -0.2) is 0 Å². The first-order valence-electron chi connectivity index (χ1n) is 7.63. The molecule has 0 amide bonds. The molecular weight excluding hydrogens is 306 g/mol. The number of anilines is 1. The van der Waals surface area contributed by atoms with Gasteiger partial charge in [-0.15, -0.1) is 0 Å². The van der Waals surface area contributed by atoms with Crippen molar-refractivity contribution >= 4 is 17.2 Å². The minimum absolute atomic E-state index is 0.0900. The van der Waals surface area contributed by atoms with Gasteiger partial charge in [-0.3, -0.25) is 14.9 Å². The fourth-order valence-corrected chi connectivity index (χ4v) is 2.47. The number of hydrogen-bond acceptors (Lipinski definition) is 5. The van der Waals surface area contributed by atoms with E-state index in [-0.39, 0.29) is 11.5 Å². The number of benzene rings is 2. The standard InChI is InChI=1S/C18H21N3O3/c1-13(22)14-8-9-17(18(10-14)21(23)24)19-11-15-6-4-5-7-16(15)12-20(2)3/h4-10,19H,11-12H2,1-3H3. The average Bonchev–Trinajstić information content (AvgIpc) is 2.53. The minimum Gasteiger partial charge on any atom is -0.375 e. The zero-order chi connectivity index (χ0) is 17.7. The molecule has 0 radical (unpaired) electrons. The zero-order valence-corrected chi connectivity index (χ0v) is 14.1. The maximum Gasteiger partial charge on any atom is 0.293 e. The Morgan fingerprint density at radius 1 is 1.17 bits per heavy atom. The molecule has 2 rings (SSSR count). The number of carbonyl (C=O) groups is 1. The van der Waals surface area contributed by atoms with Crippen molar-refractivity contribution in [1.82, 2.24) is 4.90 Å². The normalized spacial score (nSPS) is 10.7. The Morgan fingerprint density at radius 3 is 2.42 bits per heavy atom. The van der Waals surface area contributed by atoms with Gasteiger partial charge in [0, 0.05) is 24.7 Å². The predicted octanol–water partition coefficient (Wildman–Crippen LogP) is 3.47. The summed E-state index contributed by atoms with van der Waals surface area (Å²) < 4.78 is 0. The highest BCUT2D eigenvalue weighted by atomic mass is 16.6. The minimum atomic E-state index is -0.472. The SMILES string of the molecule is CC(=O)c1ccc(NCc2ccccc2CN(C)C)c([N+](=O)[O-])c1. The molecule has 6 nitrogen and oxygen atoms in total. The van der Waals surface area contributed by atoms with E-state index in [1.54, 1.807) is 12.1 Å². The number of ketones is 1. The molecule has 2 aromatic carbocycles. The van der Waals surface area contributed by atoms with E-state index in [1.807, 2.05) is 38.4 Å². The Hall–Kier alpha value is -2.73. The summed E-state index contributed by atoms with van der Waals surface area (Å²) in [6.45, 7) is 2.66. The van der Waals surface area contributed by atoms with Crippen molar-refractivity contribution in [1.29, 1.82) is 0 Å². The summed E-state index contributed by atoms with van der Waals surface area (Å²) in [5.74, 6) is -0.194. The van der Waals surface area contributed by atoms with E-state index < -0.39 is 4.92 Å². The second-order valence-electron chi connectivity index (χ2n) is 5.91.